The van der Waals surface area contributed by atoms with Crippen LogP contribution >= 0.6 is 12.4 Å². The summed E-state index contributed by atoms with van der Waals surface area (Å²) in [4.78, 5) is 15.8. The molecule has 9 heteroatoms. The van der Waals surface area contributed by atoms with Gasteiger partial charge in [0.2, 0.25) is 0 Å². The molecule has 1 aliphatic heterocycles. The molecule has 0 aromatic heterocycles. The van der Waals surface area contributed by atoms with E-state index in [0.29, 0.717) is 16.3 Å². The van der Waals surface area contributed by atoms with E-state index in [0.717, 1.165) is 10.6 Å². The minimum Gasteiger partial charge on any atom is -0.493 e. The van der Waals surface area contributed by atoms with Crippen molar-refractivity contribution < 1.29 is 14.2 Å². The van der Waals surface area contributed by atoms with E-state index >= 15 is 0 Å². The van der Waals surface area contributed by atoms with Gasteiger partial charge < -0.3 is 9.47 Å². The molecule has 1 aromatic rings. The van der Waals surface area contributed by atoms with Crippen LogP contribution in [0.3, 0.4) is 0 Å². The lowest BCUT2D eigenvalue weighted by Gasteiger charge is -2.19. The highest BCUT2D eigenvalue weighted by Crippen LogP contribution is 2.28. The van der Waals surface area contributed by atoms with Crippen LogP contribution in [0.5, 0.6) is 11.5 Å². The Morgan fingerprint density at radius 3 is 2.64 bits per heavy atom. The van der Waals surface area contributed by atoms with Crippen LogP contribution in [0.4, 0.5) is 0 Å². The van der Waals surface area contributed by atoms with Gasteiger partial charge in [-0.3, -0.25) is 0 Å². The highest BCUT2D eigenvalue weighted by Gasteiger charge is 2.35. The number of rotatable bonds is 4. The van der Waals surface area contributed by atoms with Gasteiger partial charge in [-0.15, -0.1) is 12.4 Å². The van der Waals surface area contributed by atoms with Crippen molar-refractivity contribution in [3.05, 3.63) is 34.7 Å². The van der Waals surface area contributed by atoms with E-state index in [1.807, 2.05) is 6.07 Å². The summed E-state index contributed by atoms with van der Waals surface area (Å²) in [6.07, 6.45) is 3.06. The van der Waals surface area contributed by atoms with Gasteiger partial charge in [0.15, 0.2) is 11.5 Å². The van der Waals surface area contributed by atoms with Crippen molar-refractivity contribution in [2.45, 2.75) is 12.5 Å². The molecule has 120 valence electrons. The minimum atomic E-state index is -0.956. The molecule has 2 rings (SSSR count). The maximum Gasteiger partial charge on any atom is 0.349 e. The smallest absolute Gasteiger partial charge is 0.349 e. The van der Waals surface area contributed by atoms with E-state index < -0.39 is 12.5 Å². The van der Waals surface area contributed by atoms with E-state index in [4.69, 9.17) is 21.1 Å². The minimum absolute atomic E-state index is 0. The molecule has 0 spiro atoms. The predicted octanol–water partition coefficient (Wildman–Crippen LogP) is 0.704. The van der Waals surface area contributed by atoms with E-state index in [-0.39, 0.29) is 12.4 Å². The van der Waals surface area contributed by atoms with Crippen molar-refractivity contribution in [1.82, 2.24) is 5.01 Å². The van der Waals surface area contributed by atoms with Crippen LogP contribution in [0.25, 0.3) is 6.08 Å². The molecule has 8 nitrogen and oxygen atoms in total. The van der Waals surface area contributed by atoms with Gasteiger partial charge in [-0.1, -0.05) is 6.07 Å². The van der Waals surface area contributed by atoms with Crippen LogP contribution in [0.2, 0.25) is 0 Å². The largest absolute Gasteiger partial charge is 0.493 e. The summed E-state index contributed by atoms with van der Waals surface area (Å²) >= 11 is 0. The van der Waals surface area contributed by atoms with Crippen molar-refractivity contribution in [1.29, 1.82) is 0 Å². The van der Waals surface area contributed by atoms with Gasteiger partial charge in [-0.25, -0.2) is 16.6 Å². The Labute approximate surface area is 134 Å². The molecule has 0 amide bonds. The van der Waals surface area contributed by atoms with E-state index in [9.17, 15) is 4.91 Å². The molecule has 4 N–H and O–H groups in total. The highest BCUT2D eigenvalue weighted by atomic mass is 35.5. The summed E-state index contributed by atoms with van der Waals surface area (Å²) in [5, 5.41) is 1.05. The monoisotopic (exact) mass is 328 g/mol. The van der Waals surface area contributed by atoms with E-state index in [1.54, 1.807) is 38.5 Å². The lowest BCUT2D eigenvalue weighted by molar-refractivity contribution is -0.630. The Kier molecular flexibility index (Phi) is 6.29. The first kappa shape index (κ1) is 17.9. The summed E-state index contributed by atoms with van der Waals surface area (Å²) < 4.78 is 11.0. The Bertz CT molecular complexity index is 593. The fourth-order valence-electron chi connectivity index (χ4n) is 1.86. The van der Waals surface area contributed by atoms with Crippen LogP contribution in [-0.4, -0.2) is 42.8 Å². The first-order valence-electron chi connectivity index (χ1n) is 6.24. The predicted molar refractivity (Wildman–Crippen MR) is 85.7 cm³/mol. The zero-order valence-corrected chi connectivity index (χ0v) is 13.1. The lowest BCUT2D eigenvalue weighted by Crippen LogP contribution is -2.57. The maximum absolute atomic E-state index is 11.8. The SMILES string of the molecule is COc1ccc(C=CC2N=CN(N)C(N)[N+]2=O)cc1OC.Cl. The third kappa shape index (κ3) is 3.73. The summed E-state index contributed by atoms with van der Waals surface area (Å²) in [6, 6.07) is 5.42. The molecule has 1 aliphatic rings. The van der Waals surface area contributed by atoms with Crippen molar-refractivity contribution in [2.75, 3.05) is 14.2 Å². The van der Waals surface area contributed by atoms with Crippen molar-refractivity contribution in [3.8, 4) is 11.5 Å². The summed E-state index contributed by atoms with van der Waals surface area (Å²) in [5.41, 5.74) is 6.46. The van der Waals surface area contributed by atoms with Crippen LogP contribution in [0, 0.1) is 4.91 Å². The molecule has 0 aliphatic carbocycles. The van der Waals surface area contributed by atoms with Gasteiger partial charge in [0.25, 0.3) is 0 Å². The van der Waals surface area contributed by atoms with Gasteiger partial charge in [-0.2, -0.15) is 4.99 Å². The normalized spacial score (nSPS) is 20.9. The third-order valence-corrected chi connectivity index (χ3v) is 3.05. The molecule has 0 fully saturated rings. The standard InChI is InChI=1S/C13H18N5O3.ClH/c1-20-10-5-3-9(7-11(10)21-2)4-6-12-16-8-17(15)13(14)18(12)19;/h3-8,12-13H,14-15H2,1-2H3;1H/q+1;. The first-order valence-corrected chi connectivity index (χ1v) is 6.24. The second-order valence-electron chi connectivity index (χ2n) is 4.37. The van der Waals surface area contributed by atoms with Gasteiger partial charge in [0, 0.05) is 11.0 Å². The van der Waals surface area contributed by atoms with Gasteiger partial charge >= 0.3 is 12.5 Å². The van der Waals surface area contributed by atoms with Crippen LogP contribution in [0.1, 0.15) is 5.56 Å². The summed E-state index contributed by atoms with van der Waals surface area (Å²) in [5.74, 6) is 6.71. The number of aliphatic imine (C=N–C) groups is 1. The molecule has 2 unspecified atom stereocenters. The fourth-order valence-corrected chi connectivity index (χ4v) is 1.86. The molecule has 0 saturated heterocycles. The number of hydrazine groups is 1. The number of nitrogens with two attached hydrogens (primary N) is 2. The number of halogens is 1. The number of hydrogen-bond acceptors (Lipinski definition) is 7. The highest BCUT2D eigenvalue weighted by molar-refractivity contribution is 5.85. The molecule has 0 saturated carbocycles. The molecule has 0 radical (unpaired) electrons. The molecule has 0 bridgehead atoms. The fraction of sp³-hybridized carbons (Fsp3) is 0.308. The average Bonchev–Trinajstić information content (AvgIpc) is 2.51. The molecular formula is C13H19ClN5O3+. The number of ether oxygens (including phenoxy) is 2. The quantitative estimate of drug-likeness (QED) is 0.622. The number of methoxy groups -OCH3 is 2. The van der Waals surface area contributed by atoms with Gasteiger partial charge in [0.1, 0.15) is 6.34 Å². The molecular weight excluding hydrogens is 310 g/mol. The first-order chi connectivity index (χ1) is 10.1. The van der Waals surface area contributed by atoms with E-state index in [1.165, 1.54) is 6.34 Å². The number of nitroso groups, excluding NO2 is 1. The zero-order chi connectivity index (χ0) is 15.4. The Morgan fingerprint density at radius 1 is 1.32 bits per heavy atom. The summed E-state index contributed by atoms with van der Waals surface area (Å²) in [7, 11) is 3.13. The second kappa shape index (κ2) is 7.74. The Balaban J connectivity index is 0.00000242. The number of hydrogen-bond donors (Lipinski definition) is 2. The molecule has 22 heavy (non-hydrogen) atoms. The number of nitrogens with zero attached hydrogens (tertiary/aromatic N) is 3. The molecule has 2 atom stereocenters. The lowest BCUT2D eigenvalue weighted by atomic mass is 10.2. The van der Waals surface area contributed by atoms with Gasteiger partial charge in [0.05, 0.1) is 19.0 Å². The second-order valence-corrected chi connectivity index (χ2v) is 4.37. The number of benzene rings is 1. The Hall–Kier alpha value is -2.16. The van der Waals surface area contributed by atoms with Crippen LogP contribution in [0.15, 0.2) is 29.3 Å². The van der Waals surface area contributed by atoms with Crippen LogP contribution in [-0.2, 0) is 0 Å². The average molecular weight is 329 g/mol. The van der Waals surface area contributed by atoms with Crippen molar-refractivity contribution >= 4 is 24.8 Å². The maximum atomic E-state index is 11.8. The zero-order valence-electron chi connectivity index (χ0n) is 12.2. The third-order valence-electron chi connectivity index (χ3n) is 3.05. The van der Waals surface area contributed by atoms with Gasteiger partial charge in [-0.05, 0) is 23.8 Å². The van der Waals surface area contributed by atoms with Crippen LogP contribution < -0.4 is 21.1 Å². The molecule has 1 heterocycles. The molecule has 1 aromatic carbocycles. The van der Waals surface area contributed by atoms with Crippen molar-refractivity contribution in [3.63, 3.8) is 0 Å². The topological polar surface area (TPSA) is 106 Å². The van der Waals surface area contributed by atoms with E-state index in [2.05, 4.69) is 4.99 Å². The Morgan fingerprint density at radius 2 is 2.00 bits per heavy atom. The summed E-state index contributed by atoms with van der Waals surface area (Å²) in [6.45, 7) is 0. The van der Waals surface area contributed by atoms with Crippen molar-refractivity contribution in [2.24, 2.45) is 16.6 Å².